The molecule has 0 aliphatic rings. The second-order valence-electron chi connectivity index (χ2n) is 6.08. The number of amides is 1. The van der Waals surface area contributed by atoms with Crippen molar-refractivity contribution in [3.63, 3.8) is 0 Å². The van der Waals surface area contributed by atoms with Crippen LogP contribution in [0, 0.1) is 12.7 Å². The number of hydrogen-bond acceptors (Lipinski definition) is 6. The Balaban J connectivity index is 1.88. The molecule has 29 heavy (non-hydrogen) atoms. The van der Waals surface area contributed by atoms with Crippen LogP contribution in [0.15, 0.2) is 46.6 Å². The van der Waals surface area contributed by atoms with E-state index >= 15 is 0 Å². The number of carbonyl (C=O) groups excluding carboxylic acids is 2. The van der Waals surface area contributed by atoms with Crippen molar-refractivity contribution < 1.29 is 18.7 Å². The molecule has 9 heteroatoms. The van der Waals surface area contributed by atoms with E-state index in [9.17, 15) is 18.8 Å². The highest BCUT2D eigenvalue weighted by Gasteiger charge is 2.18. The third-order valence-electron chi connectivity index (χ3n) is 3.94. The molecule has 3 aromatic rings. The number of esters is 1. The summed E-state index contributed by atoms with van der Waals surface area (Å²) >= 11 is 1.15. The van der Waals surface area contributed by atoms with Crippen LogP contribution >= 0.6 is 11.3 Å². The van der Waals surface area contributed by atoms with Crippen molar-refractivity contribution in [1.29, 1.82) is 0 Å². The van der Waals surface area contributed by atoms with Crippen LogP contribution in [0.1, 0.15) is 22.3 Å². The number of ether oxygens (including phenoxy) is 1. The van der Waals surface area contributed by atoms with Crippen molar-refractivity contribution in [1.82, 2.24) is 9.55 Å². The maximum atomic E-state index is 13.3. The molecular weight excluding hydrogens is 397 g/mol. The van der Waals surface area contributed by atoms with Crippen molar-refractivity contribution in [3.8, 4) is 11.4 Å². The fourth-order valence-corrected chi connectivity index (χ4v) is 3.43. The van der Waals surface area contributed by atoms with Gasteiger partial charge in [0, 0.05) is 17.3 Å². The van der Waals surface area contributed by atoms with Crippen LogP contribution in [0.4, 0.5) is 10.1 Å². The monoisotopic (exact) mass is 415 g/mol. The van der Waals surface area contributed by atoms with Gasteiger partial charge in [-0.25, -0.2) is 14.2 Å². The minimum Gasteiger partial charge on any atom is -0.462 e. The molecule has 1 amide bonds. The van der Waals surface area contributed by atoms with Crippen molar-refractivity contribution in [2.45, 2.75) is 20.4 Å². The Morgan fingerprint density at radius 2 is 1.97 bits per heavy atom. The number of aryl methyl sites for hydroxylation is 1. The summed E-state index contributed by atoms with van der Waals surface area (Å²) in [4.78, 5) is 41.7. The highest BCUT2D eigenvalue weighted by Crippen LogP contribution is 2.23. The Bertz CT molecular complexity index is 1110. The maximum Gasteiger partial charge on any atom is 0.350 e. The molecule has 2 aromatic heterocycles. The molecule has 7 nitrogen and oxygen atoms in total. The molecule has 0 aliphatic carbocycles. The second kappa shape index (κ2) is 8.78. The molecule has 1 aromatic carbocycles. The van der Waals surface area contributed by atoms with E-state index < -0.39 is 23.3 Å². The first-order chi connectivity index (χ1) is 13.9. The van der Waals surface area contributed by atoms with Gasteiger partial charge in [0.15, 0.2) is 0 Å². The summed E-state index contributed by atoms with van der Waals surface area (Å²) < 4.78 is 19.4. The summed E-state index contributed by atoms with van der Waals surface area (Å²) in [6.45, 7) is 3.25. The fraction of sp³-hybridized carbons (Fsp3) is 0.200. The standard InChI is InChI=1S/C20H18FN3O4S/c1-3-28-20(27)18-15(8-9-29-18)23-16(25)11-24-17(26)10-12(2)22-19(24)13-4-6-14(21)7-5-13/h4-10H,3,11H2,1-2H3,(H,23,25). The van der Waals surface area contributed by atoms with Crippen molar-refractivity contribution in [2.75, 3.05) is 11.9 Å². The zero-order valence-corrected chi connectivity index (χ0v) is 16.6. The predicted molar refractivity (Wildman–Crippen MR) is 108 cm³/mol. The molecule has 2 heterocycles. The van der Waals surface area contributed by atoms with Gasteiger partial charge in [-0.1, -0.05) is 0 Å². The number of thiophene rings is 1. The van der Waals surface area contributed by atoms with Crippen LogP contribution in [0.3, 0.4) is 0 Å². The molecule has 0 saturated carbocycles. The molecule has 0 fully saturated rings. The topological polar surface area (TPSA) is 90.3 Å². The highest BCUT2D eigenvalue weighted by molar-refractivity contribution is 7.12. The summed E-state index contributed by atoms with van der Waals surface area (Å²) in [6, 6.07) is 8.39. The molecule has 1 N–H and O–H groups in total. The lowest BCUT2D eigenvalue weighted by Crippen LogP contribution is -2.30. The van der Waals surface area contributed by atoms with Gasteiger partial charge in [0.1, 0.15) is 23.1 Å². The van der Waals surface area contributed by atoms with E-state index in [1.807, 2.05) is 0 Å². The van der Waals surface area contributed by atoms with E-state index in [2.05, 4.69) is 10.3 Å². The largest absolute Gasteiger partial charge is 0.462 e. The summed E-state index contributed by atoms with van der Waals surface area (Å²) in [6.07, 6.45) is 0. The van der Waals surface area contributed by atoms with Gasteiger partial charge >= 0.3 is 5.97 Å². The number of nitrogens with zero attached hydrogens (tertiary/aromatic N) is 2. The van der Waals surface area contributed by atoms with E-state index in [0.717, 1.165) is 11.3 Å². The molecule has 150 valence electrons. The first kappa shape index (κ1) is 20.4. The molecule has 0 unspecified atom stereocenters. The van der Waals surface area contributed by atoms with E-state index in [1.165, 1.54) is 34.9 Å². The van der Waals surface area contributed by atoms with E-state index in [-0.39, 0.29) is 23.9 Å². The average molecular weight is 415 g/mol. The van der Waals surface area contributed by atoms with Crippen LogP contribution in [-0.4, -0.2) is 28.0 Å². The number of benzene rings is 1. The van der Waals surface area contributed by atoms with Crippen LogP contribution in [-0.2, 0) is 16.1 Å². The molecule has 0 bridgehead atoms. The first-order valence-electron chi connectivity index (χ1n) is 8.78. The fourth-order valence-electron chi connectivity index (χ4n) is 2.69. The van der Waals surface area contributed by atoms with E-state index in [0.29, 0.717) is 16.9 Å². The Morgan fingerprint density at radius 1 is 1.24 bits per heavy atom. The number of nitrogens with one attached hydrogen (secondary N) is 1. The highest BCUT2D eigenvalue weighted by atomic mass is 32.1. The van der Waals surface area contributed by atoms with Gasteiger partial charge < -0.3 is 10.1 Å². The number of hydrogen-bond donors (Lipinski definition) is 1. The minimum atomic E-state index is -0.529. The molecule has 0 spiro atoms. The van der Waals surface area contributed by atoms with Gasteiger partial charge in [0.25, 0.3) is 5.56 Å². The number of rotatable bonds is 6. The van der Waals surface area contributed by atoms with Gasteiger partial charge in [-0.3, -0.25) is 14.2 Å². The lowest BCUT2D eigenvalue weighted by Gasteiger charge is -2.13. The van der Waals surface area contributed by atoms with E-state index in [4.69, 9.17) is 4.74 Å². The van der Waals surface area contributed by atoms with E-state index in [1.54, 1.807) is 25.3 Å². The van der Waals surface area contributed by atoms with Crippen LogP contribution in [0.2, 0.25) is 0 Å². The average Bonchev–Trinajstić information content (AvgIpc) is 3.13. The summed E-state index contributed by atoms with van der Waals surface area (Å²) in [5.41, 5.74) is 0.883. The summed E-state index contributed by atoms with van der Waals surface area (Å²) in [5.74, 6) is -1.21. The second-order valence-corrected chi connectivity index (χ2v) is 7.00. The predicted octanol–water partition coefficient (Wildman–Crippen LogP) is 3.23. The smallest absolute Gasteiger partial charge is 0.350 e. The maximum absolute atomic E-state index is 13.3. The summed E-state index contributed by atoms with van der Waals surface area (Å²) in [5, 5.41) is 4.29. The number of anilines is 1. The zero-order chi connectivity index (χ0) is 21.0. The third-order valence-corrected chi connectivity index (χ3v) is 4.84. The Morgan fingerprint density at radius 3 is 2.66 bits per heavy atom. The molecule has 0 atom stereocenters. The molecule has 3 rings (SSSR count). The quantitative estimate of drug-likeness (QED) is 0.624. The van der Waals surface area contributed by atoms with Crippen LogP contribution < -0.4 is 10.9 Å². The van der Waals surface area contributed by atoms with Crippen molar-refractivity contribution >= 4 is 28.9 Å². The SMILES string of the molecule is CCOC(=O)c1sccc1NC(=O)Cn1c(-c2ccc(F)cc2)nc(C)cc1=O. The molecular formula is C20H18FN3O4S. The van der Waals surface area contributed by atoms with Gasteiger partial charge in [0.05, 0.1) is 12.3 Å². The zero-order valence-electron chi connectivity index (χ0n) is 15.8. The Hall–Kier alpha value is -3.33. The number of halogens is 1. The van der Waals surface area contributed by atoms with Gasteiger partial charge in [-0.15, -0.1) is 11.3 Å². The molecule has 0 saturated heterocycles. The first-order valence-corrected chi connectivity index (χ1v) is 9.66. The van der Waals surface area contributed by atoms with Crippen molar-refractivity contribution in [2.24, 2.45) is 0 Å². The van der Waals surface area contributed by atoms with Gasteiger partial charge in [0.2, 0.25) is 5.91 Å². The van der Waals surface area contributed by atoms with Gasteiger partial charge in [-0.2, -0.15) is 0 Å². The lowest BCUT2D eigenvalue weighted by atomic mass is 10.2. The number of aromatic nitrogens is 2. The number of carbonyl (C=O) groups is 2. The Labute approximate surface area is 169 Å². The molecule has 0 aliphatic heterocycles. The van der Waals surface area contributed by atoms with Crippen LogP contribution in [0.25, 0.3) is 11.4 Å². The Kier molecular flexibility index (Phi) is 6.18. The molecule has 0 radical (unpaired) electrons. The van der Waals surface area contributed by atoms with Crippen molar-refractivity contribution in [3.05, 3.63) is 68.5 Å². The minimum absolute atomic E-state index is 0.218. The summed E-state index contributed by atoms with van der Waals surface area (Å²) in [7, 11) is 0. The van der Waals surface area contributed by atoms with Gasteiger partial charge in [-0.05, 0) is 49.6 Å². The third kappa shape index (κ3) is 4.75. The lowest BCUT2D eigenvalue weighted by molar-refractivity contribution is -0.116. The van der Waals surface area contributed by atoms with Crippen LogP contribution in [0.5, 0.6) is 0 Å². The normalized spacial score (nSPS) is 10.6.